The summed E-state index contributed by atoms with van der Waals surface area (Å²) in [5.74, 6) is 1.47. The van der Waals surface area contributed by atoms with Crippen LogP contribution in [0.4, 0.5) is 5.82 Å². The molecule has 1 fully saturated rings. The summed E-state index contributed by atoms with van der Waals surface area (Å²) >= 11 is 0. The molecule has 1 aromatic rings. The minimum Gasteiger partial charge on any atom is -0.382 e. The SMILES string of the molecule is CC1CCCCC1N(C)CCCn1ccc(N)n1. The summed E-state index contributed by atoms with van der Waals surface area (Å²) < 4.78 is 1.94. The van der Waals surface area contributed by atoms with Gasteiger partial charge in [0.1, 0.15) is 5.82 Å². The van der Waals surface area contributed by atoms with Crippen LogP contribution in [0.3, 0.4) is 0 Å². The lowest BCUT2D eigenvalue weighted by molar-refractivity contribution is 0.136. The van der Waals surface area contributed by atoms with E-state index in [4.69, 9.17) is 5.73 Å². The van der Waals surface area contributed by atoms with Crippen LogP contribution in [-0.4, -0.2) is 34.3 Å². The predicted molar refractivity (Wildman–Crippen MR) is 75.3 cm³/mol. The van der Waals surface area contributed by atoms with Crippen LogP contribution in [0.25, 0.3) is 0 Å². The molecule has 0 spiro atoms. The summed E-state index contributed by atoms with van der Waals surface area (Å²) in [4.78, 5) is 2.54. The fourth-order valence-electron chi connectivity index (χ4n) is 3.10. The molecule has 2 rings (SSSR count). The molecule has 18 heavy (non-hydrogen) atoms. The summed E-state index contributed by atoms with van der Waals surface area (Å²) in [6.45, 7) is 4.51. The maximum absolute atomic E-state index is 5.60. The number of hydrogen-bond donors (Lipinski definition) is 1. The highest BCUT2D eigenvalue weighted by Crippen LogP contribution is 2.27. The fourth-order valence-corrected chi connectivity index (χ4v) is 3.10. The van der Waals surface area contributed by atoms with Gasteiger partial charge in [0.2, 0.25) is 0 Å². The number of nitrogen functional groups attached to an aromatic ring is 1. The first-order valence-electron chi connectivity index (χ1n) is 7.16. The van der Waals surface area contributed by atoms with E-state index < -0.39 is 0 Å². The smallest absolute Gasteiger partial charge is 0.145 e. The summed E-state index contributed by atoms with van der Waals surface area (Å²) in [6, 6.07) is 2.63. The molecule has 4 nitrogen and oxygen atoms in total. The van der Waals surface area contributed by atoms with Gasteiger partial charge in [0.05, 0.1) is 0 Å². The first kappa shape index (κ1) is 13.4. The van der Waals surface area contributed by atoms with Crippen LogP contribution in [0.2, 0.25) is 0 Å². The monoisotopic (exact) mass is 250 g/mol. The van der Waals surface area contributed by atoms with Gasteiger partial charge >= 0.3 is 0 Å². The zero-order chi connectivity index (χ0) is 13.0. The molecule has 1 aromatic heterocycles. The third-order valence-electron chi connectivity index (χ3n) is 4.19. The average molecular weight is 250 g/mol. The molecule has 0 radical (unpaired) electrons. The standard InChI is InChI=1S/C14H26N4/c1-12-6-3-4-7-13(12)17(2)9-5-10-18-11-8-14(15)16-18/h8,11-13H,3-7,9-10H2,1-2H3,(H2,15,16). The second-order valence-corrected chi connectivity index (χ2v) is 5.67. The summed E-state index contributed by atoms with van der Waals surface area (Å²) in [6.07, 6.45) is 8.67. The topological polar surface area (TPSA) is 47.1 Å². The van der Waals surface area contributed by atoms with Gasteiger partial charge in [-0.3, -0.25) is 4.68 Å². The highest BCUT2D eigenvalue weighted by Gasteiger charge is 2.24. The van der Waals surface area contributed by atoms with Crippen LogP contribution in [0, 0.1) is 5.92 Å². The van der Waals surface area contributed by atoms with Gasteiger partial charge in [-0.15, -0.1) is 0 Å². The summed E-state index contributed by atoms with van der Waals surface area (Å²) in [5.41, 5.74) is 5.60. The van der Waals surface area contributed by atoms with Crippen LogP contribution >= 0.6 is 0 Å². The number of aryl methyl sites for hydroxylation is 1. The highest BCUT2D eigenvalue weighted by atomic mass is 15.3. The molecular weight excluding hydrogens is 224 g/mol. The van der Waals surface area contributed by atoms with E-state index in [9.17, 15) is 0 Å². The van der Waals surface area contributed by atoms with Gasteiger partial charge in [-0.1, -0.05) is 19.8 Å². The molecule has 4 heteroatoms. The third kappa shape index (κ3) is 3.48. The molecule has 0 aliphatic heterocycles. The molecule has 2 N–H and O–H groups in total. The van der Waals surface area contributed by atoms with Crippen LogP contribution in [0.5, 0.6) is 0 Å². The molecule has 102 valence electrons. The van der Waals surface area contributed by atoms with Gasteiger partial charge < -0.3 is 10.6 Å². The van der Waals surface area contributed by atoms with Crippen LogP contribution in [0.1, 0.15) is 39.0 Å². The van der Waals surface area contributed by atoms with E-state index in [0.717, 1.165) is 31.5 Å². The molecule has 0 amide bonds. The number of anilines is 1. The number of hydrogen-bond acceptors (Lipinski definition) is 3. The van der Waals surface area contributed by atoms with Crippen molar-refractivity contribution in [3.8, 4) is 0 Å². The van der Waals surface area contributed by atoms with Gasteiger partial charge in [0.25, 0.3) is 0 Å². The first-order valence-corrected chi connectivity index (χ1v) is 7.16. The molecule has 2 atom stereocenters. The van der Waals surface area contributed by atoms with Gasteiger partial charge in [-0.2, -0.15) is 5.10 Å². The minimum atomic E-state index is 0.615. The van der Waals surface area contributed by atoms with E-state index in [1.807, 2.05) is 16.9 Å². The number of aromatic nitrogens is 2. The number of nitrogens with zero attached hydrogens (tertiary/aromatic N) is 3. The van der Waals surface area contributed by atoms with Crippen LogP contribution in [-0.2, 0) is 6.54 Å². The molecule has 0 aromatic carbocycles. The van der Waals surface area contributed by atoms with Crippen molar-refractivity contribution in [3.63, 3.8) is 0 Å². The molecule has 1 heterocycles. The van der Waals surface area contributed by atoms with Crippen molar-refractivity contribution in [1.29, 1.82) is 0 Å². The first-order chi connectivity index (χ1) is 8.66. The second-order valence-electron chi connectivity index (χ2n) is 5.67. The maximum Gasteiger partial charge on any atom is 0.145 e. The van der Waals surface area contributed by atoms with Crippen molar-refractivity contribution in [2.45, 2.75) is 51.6 Å². The Hall–Kier alpha value is -1.03. The quantitative estimate of drug-likeness (QED) is 0.872. The van der Waals surface area contributed by atoms with E-state index in [1.54, 1.807) is 0 Å². The normalized spacial score (nSPS) is 24.6. The average Bonchev–Trinajstić information content (AvgIpc) is 2.75. The van der Waals surface area contributed by atoms with Crippen LogP contribution < -0.4 is 5.73 Å². The Kier molecular flexibility index (Phi) is 4.64. The lowest BCUT2D eigenvalue weighted by atomic mass is 9.85. The van der Waals surface area contributed by atoms with E-state index in [1.165, 1.54) is 25.7 Å². The van der Waals surface area contributed by atoms with Crippen molar-refractivity contribution in [1.82, 2.24) is 14.7 Å². The Bertz CT molecular complexity index is 360. The van der Waals surface area contributed by atoms with Crippen molar-refractivity contribution in [2.24, 2.45) is 5.92 Å². The molecule has 1 aliphatic carbocycles. The van der Waals surface area contributed by atoms with Gasteiger partial charge in [0, 0.05) is 18.8 Å². The van der Waals surface area contributed by atoms with Crippen molar-refractivity contribution in [3.05, 3.63) is 12.3 Å². The molecule has 2 unspecified atom stereocenters. The Morgan fingerprint density at radius 2 is 2.22 bits per heavy atom. The van der Waals surface area contributed by atoms with E-state index >= 15 is 0 Å². The molecule has 0 bridgehead atoms. The van der Waals surface area contributed by atoms with E-state index in [0.29, 0.717) is 5.82 Å². The molecule has 1 saturated carbocycles. The second kappa shape index (κ2) is 6.23. The Labute approximate surface area is 110 Å². The van der Waals surface area contributed by atoms with Crippen molar-refractivity contribution < 1.29 is 0 Å². The minimum absolute atomic E-state index is 0.615. The molecule has 1 aliphatic rings. The largest absolute Gasteiger partial charge is 0.382 e. The predicted octanol–water partition coefficient (Wildman–Crippen LogP) is 2.37. The highest BCUT2D eigenvalue weighted by molar-refractivity contribution is 5.23. The lowest BCUT2D eigenvalue weighted by Crippen LogP contribution is -2.39. The molecule has 0 saturated heterocycles. The van der Waals surface area contributed by atoms with Gasteiger partial charge in [0.15, 0.2) is 0 Å². The van der Waals surface area contributed by atoms with Crippen molar-refractivity contribution in [2.75, 3.05) is 19.3 Å². The van der Waals surface area contributed by atoms with E-state index in [2.05, 4.69) is 24.0 Å². The zero-order valence-electron chi connectivity index (χ0n) is 11.7. The zero-order valence-corrected chi connectivity index (χ0v) is 11.7. The Balaban J connectivity index is 1.72. The Morgan fingerprint density at radius 3 is 2.89 bits per heavy atom. The van der Waals surface area contributed by atoms with Gasteiger partial charge in [-0.05, 0) is 44.8 Å². The number of rotatable bonds is 5. The third-order valence-corrected chi connectivity index (χ3v) is 4.19. The summed E-state index contributed by atoms with van der Waals surface area (Å²) in [5, 5.41) is 4.21. The maximum atomic E-state index is 5.60. The molecular formula is C14H26N4. The lowest BCUT2D eigenvalue weighted by Gasteiger charge is -2.36. The van der Waals surface area contributed by atoms with E-state index in [-0.39, 0.29) is 0 Å². The number of nitrogens with two attached hydrogens (primary N) is 1. The summed E-state index contributed by atoms with van der Waals surface area (Å²) in [7, 11) is 2.27. The fraction of sp³-hybridized carbons (Fsp3) is 0.786. The van der Waals surface area contributed by atoms with Crippen LogP contribution in [0.15, 0.2) is 12.3 Å². The van der Waals surface area contributed by atoms with Crippen molar-refractivity contribution >= 4 is 5.82 Å². The van der Waals surface area contributed by atoms with Gasteiger partial charge in [-0.25, -0.2) is 0 Å². The Morgan fingerprint density at radius 1 is 1.44 bits per heavy atom.